The van der Waals surface area contributed by atoms with Crippen LogP contribution < -0.4 is 25.0 Å². The van der Waals surface area contributed by atoms with Crippen LogP contribution in [0.15, 0.2) is 95.9 Å². The molecule has 1 aliphatic heterocycles. The van der Waals surface area contributed by atoms with E-state index in [0.29, 0.717) is 51.3 Å². The predicted molar refractivity (Wildman–Crippen MR) is 192 cm³/mol. The number of hydrogen-bond acceptors (Lipinski definition) is 9. The van der Waals surface area contributed by atoms with Crippen molar-refractivity contribution >= 4 is 33.4 Å². The monoisotopic (exact) mass is 689 g/mol. The highest BCUT2D eigenvalue weighted by Gasteiger charge is 2.20. The van der Waals surface area contributed by atoms with Crippen LogP contribution in [0.3, 0.4) is 0 Å². The molecule has 2 aromatic heterocycles. The molecular formula is C39H36FN5O6. The highest BCUT2D eigenvalue weighted by atomic mass is 19.1. The van der Waals surface area contributed by atoms with Crippen LogP contribution in [0.5, 0.6) is 23.0 Å². The van der Waals surface area contributed by atoms with Gasteiger partial charge in [-0.2, -0.15) is 5.10 Å². The molecule has 1 aliphatic rings. The first kappa shape index (κ1) is 33.6. The van der Waals surface area contributed by atoms with Gasteiger partial charge in [0.15, 0.2) is 28.8 Å². The number of aryl methyl sites for hydroxylation is 1. The lowest BCUT2D eigenvalue weighted by Crippen LogP contribution is -2.37. The second-order valence-corrected chi connectivity index (χ2v) is 12.1. The van der Waals surface area contributed by atoms with Gasteiger partial charge in [-0.25, -0.2) is 9.07 Å². The lowest BCUT2D eigenvalue weighted by Gasteiger charge is -2.26. The number of morpholine rings is 1. The molecule has 11 nitrogen and oxygen atoms in total. The minimum atomic E-state index is -0.772. The summed E-state index contributed by atoms with van der Waals surface area (Å²) in [4.78, 5) is 33.6. The van der Waals surface area contributed by atoms with Crippen molar-refractivity contribution in [3.05, 3.63) is 118 Å². The molecule has 0 atom stereocenters. The number of carbonyl (C=O) groups excluding carboxylic acids is 1. The quantitative estimate of drug-likeness (QED) is 0.152. The van der Waals surface area contributed by atoms with Crippen LogP contribution in [0.2, 0.25) is 0 Å². The molecule has 3 heterocycles. The number of benzene rings is 4. The first-order valence-corrected chi connectivity index (χ1v) is 16.7. The second kappa shape index (κ2) is 15.0. The number of para-hydroxylation sites is 1. The highest BCUT2D eigenvalue weighted by molar-refractivity contribution is 6.04. The number of aromatic nitrogens is 3. The number of hydrogen-bond donors (Lipinski definition) is 1. The summed E-state index contributed by atoms with van der Waals surface area (Å²) in [6.07, 6.45) is 2.41. The first-order chi connectivity index (χ1) is 24.9. The lowest BCUT2D eigenvalue weighted by atomic mass is 10.1. The number of fused-ring (bicyclic) bond motifs is 2. The van der Waals surface area contributed by atoms with Gasteiger partial charge in [0.2, 0.25) is 5.43 Å². The summed E-state index contributed by atoms with van der Waals surface area (Å²) in [7, 11) is 1.55. The van der Waals surface area contributed by atoms with Gasteiger partial charge in [0.05, 0.1) is 49.0 Å². The Morgan fingerprint density at radius 1 is 0.922 bits per heavy atom. The molecule has 4 aromatic carbocycles. The zero-order valence-corrected chi connectivity index (χ0v) is 28.2. The molecule has 260 valence electrons. The average Bonchev–Trinajstić information content (AvgIpc) is 3.15. The van der Waals surface area contributed by atoms with Gasteiger partial charge in [-0.15, -0.1) is 0 Å². The van der Waals surface area contributed by atoms with E-state index in [2.05, 4.69) is 20.3 Å². The Morgan fingerprint density at radius 2 is 1.73 bits per heavy atom. The fourth-order valence-corrected chi connectivity index (χ4v) is 5.96. The molecule has 0 spiro atoms. The van der Waals surface area contributed by atoms with Crippen molar-refractivity contribution in [2.24, 2.45) is 0 Å². The molecule has 0 saturated carbocycles. The summed E-state index contributed by atoms with van der Waals surface area (Å²) in [6.45, 7) is 6.73. The number of ether oxygens (including phenoxy) is 4. The molecule has 12 heteroatoms. The van der Waals surface area contributed by atoms with E-state index in [1.54, 1.807) is 60.5 Å². The van der Waals surface area contributed by atoms with Gasteiger partial charge in [-0.3, -0.25) is 19.5 Å². The molecule has 1 saturated heterocycles. The van der Waals surface area contributed by atoms with Gasteiger partial charge >= 0.3 is 0 Å². The zero-order chi connectivity index (χ0) is 35.3. The van der Waals surface area contributed by atoms with Gasteiger partial charge in [0.25, 0.3) is 5.91 Å². The van der Waals surface area contributed by atoms with Crippen LogP contribution in [0.1, 0.15) is 22.5 Å². The number of amides is 1. The summed E-state index contributed by atoms with van der Waals surface area (Å²) in [5, 5.41) is 7.97. The van der Waals surface area contributed by atoms with Crippen molar-refractivity contribution < 1.29 is 28.1 Å². The minimum absolute atomic E-state index is 0.0755. The summed E-state index contributed by atoms with van der Waals surface area (Å²) < 4.78 is 40.1. The van der Waals surface area contributed by atoms with Crippen molar-refractivity contribution in [2.45, 2.75) is 13.3 Å². The average molecular weight is 690 g/mol. The third-order valence-corrected chi connectivity index (χ3v) is 8.66. The summed E-state index contributed by atoms with van der Waals surface area (Å²) in [6, 6.07) is 23.7. The van der Waals surface area contributed by atoms with Crippen LogP contribution in [0.4, 0.5) is 10.1 Å². The van der Waals surface area contributed by atoms with Crippen LogP contribution in [-0.4, -0.2) is 72.1 Å². The highest BCUT2D eigenvalue weighted by Crippen LogP contribution is 2.38. The molecule has 1 fully saturated rings. The molecule has 1 N–H and O–H groups in total. The van der Waals surface area contributed by atoms with E-state index in [1.165, 1.54) is 12.1 Å². The number of rotatable bonds is 11. The standard InChI is InChI=1S/C39H36FN5O6/c1-25-8-11-27(12-9-25)45-32-7-4-3-6-28(32)38(46)37(43-45)39(47)42-26-10-13-34(30(40)22-26)51-33-14-15-41-31-24-36(35(48-2)23-29(31)33)50-19-5-16-44-17-20-49-21-18-44/h3-4,6-15,22-24H,5,16-21H2,1-2H3,(H,42,47). The van der Waals surface area contributed by atoms with Crippen LogP contribution in [0.25, 0.3) is 27.5 Å². The Labute approximate surface area is 293 Å². The van der Waals surface area contributed by atoms with Crippen molar-refractivity contribution in [3.8, 4) is 28.7 Å². The molecule has 51 heavy (non-hydrogen) atoms. The van der Waals surface area contributed by atoms with Crippen molar-refractivity contribution in [3.63, 3.8) is 0 Å². The van der Waals surface area contributed by atoms with Crippen LogP contribution in [-0.2, 0) is 4.74 Å². The third kappa shape index (κ3) is 7.37. The van der Waals surface area contributed by atoms with Gasteiger partial charge in [0, 0.05) is 49.0 Å². The van der Waals surface area contributed by atoms with E-state index >= 15 is 4.39 Å². The smallest absolute Gasteiger partial charge is 0.280 e. The lowest BCUT2D eigenvalue weighted by molar-refractivity contribution is 0.0357. The second-order valence-electron chi connectivity index (χ2n) is 12.1. The minimum Gasteiger partial charge on any atom is -0.493 e. The maximum Gasteiger partial charge on any atom is 0.280 e. The summed E-state index contributed by atoms with van der Waals surface area (Å²) in [5.74, 6) is -0.179. The zero-order valence-electron chi connectivity index (χ0n) is 28.2. The number of anilines is 1. The predicted octanol–water partition coefficient (Wildman–Crippen LogP) is 6.54. The molecular weight excluding hydrogens is 653 g/mol. The fraction of sp³-hybridized carbons (Fsp3) is 0.231. The van der Waals surface area contributed by atoms with Crippen molar-refractivity contribution in [2.75, 3.05) is 51.9 Å². The van der Waals surface area contributed by atoms with E-state index in [4.69, 9.17) is 18.9 Å². The maximum absolute atomic E-state index is 15.5. The number of carbonyl (C=O) groups is 1. The number of nitrogens with one attached hydrogen (secondary N) is 1. The van der Waals surface area contributed by atoms with Crippen molar-refractivity contribution in [1.29, 1.82) is 0 Å². The fourth-order valence-electron chi connectivity index (χ4n) is 5.96. The number of halogens is 1. The Hall–Kier alpha value is -5.85. The number of methoxy groups -OCH3 is 1. The molecule has 7 rings (SSSR count). The number of pyridine rings is 1. The number of nitrogens with zero attached hydrogens (tertiary/aromatic N) is 4. The van der Waals surface area contributed by atoms with Gasteiger partial charge in [0.1, 0.15) is 5.75 Å². The van der Waals surface area contributed by atoms with E-state index in [1.807, 2.05) is 31.2 Å². The molecule has 0 radical (unpaired) electrons. The van der Waals surface area contributed by atoms with Gasteiger partial charge in [-0.05, 0) is 61.9 Å². The van der Waals surface area contributed by atoms with Crippen molar-refractivity contribution in [1.82, 2.24) is 19.7 Å². The summed E-state index contributed by atoms with van der Waals surface area (Å²) >= 11 is 0. The first-order valence-electron chi connectivity index (χ1n) is 16.7. The largest absolute Gasteiger partial charge is 0.493 e. The van der Waals surface area contributed by atoms with E-state index in [0.717, 1.165) is 50.9 Å². The van der Waals surface area contributed by atoms with Gasteiger partial charge < -0.3 is 24.3 Å². The van der Waals surface area contributed by atoms with E-state index in [9.17, 15) is 9.59 Å². The van der Waals surface area contributed by atoms with Crippen LogP contribution >= 0.6 is 0 Å². The molecule has 1 amide bonds. The molecule has 0 bridgehead atoms. The Balaban J connectivity index is 1.08. The normalized spacial score (nSPS) is 13.3. The Kier molecular flexibility index (Phi) is 9.86. The molecule has 0 aliphatic carbocycles. The summed E-state index contributed by atoms with van der Waals surface area (Å²) in [5.41, 5.74) is 2.14. The Morgan fingerprint density at radius 3 is 2.51 bits per heavy atom. The molecule has 6 aromatic rings. The Bertz CT molecular complexity index is 2270. The van der Waals surface area contributed by atoms with Crippen LogP contribution in [0, 0.1) is 12.7 Å². The topological polar surface area (TPSA) is 117 Å². The third-order valence-electron chi connectivity index (χ3n) is 8.66. The SMILES string of the molecule is COc1cc2c(Oc3ccc(NC(=O)c4nn(-c5ccc(C)cc5)c5ccccc5c4=O)cc3F)ccnc2cc1OCCCN1CCOCC1. The van der Waals surface area contributed by atoms with E-state index < -0.39 is 17.2 Å². The van der Waals surface area contributed by atoms with Gasteiger partial charge in [-0.1, -0.05) is 29.8 Å². The van der Waals surface area contributed by atoms with E-state index in [-0.39, 0.29) is 17.1 Å². The molecule has 0 unspecified atom stereocenters. The maximum atomic E-state index is 15.5.